The van der Waals surface area contributed by atoms with E-state index in [0.29, 0.717) is 5.92 Å². The molecule has 0 spiro atoms. The molecule has 0 bridgehead atoms. The summed E-state index contributed by atoms with van der Waals surface area (Å²) in [6.45, 7) is 4.38. The maximum atomic E-state index is 12.1. The first-order valence-corrected chi connectivity index (χ1v) is 8.61. The van der Waals surface area contributed by atoms with Crippen molar-refractivity contribution in [2.45, 2.75) is 30.7 Å². The van der Waals surface area contributed by atoms with Gasteiger partial charge in [0.05, 0.1) is 6.20 Å². The Morgan fingerprint density at radius 2 is 1.82 bits per heavy atom. The SMILES string of the molecule is CC(C)c1ccc(C(N)CNS(=O)(=O)c2cnn(C)c2)cc1. The van der Waals surface area contributed by atoms with Gasteiger partial charge in [-0.05, 0) is 17.0 Å². The molecule has 0 aliphatic rings. The van der Waals surface area contributed by atoms with Crippen molar-refractivity contribution in [2.75, 3.05) is 6.54 Å². The number of sulfonamides is 1. The Hall–Kier alpha value is -1.70. The van der Waals surface area contributed by atoms with Gasteiger partial charge < -0.3 is 5.73 Å². The molecule has 6 nitrogen and oxygen atoms in total. The van der Waals surface area contributed by atoms with E-state index in [1.807, 2.05) is 24.3 Å². The number of nitrogens with one attached hydrogen (secondary N) is 1. The zero-order chi connectivity index (χ0) is 16.3. The van der Waals surface area contributed by atoms with Crippen molar-refractivity contribution in [3.63, 3.8) is 0 Å². The Morgan fingerprint density at radius 3 is 2.32 bits per heavy atom. The Bertz CT molecular complexity index is 720. The van der Waals surface area contributed by atoms with Gasteiger partial charge in [0.2, 0.25) is 10.0 Å². The average molecular weight is 322 g/mol. The summed E-state index contributed by atoms with van der Waals surface area (Å²) in [5, 5.41) is 3.86. The number of rotatable bonds is 6. The third kappa shape index (κ3) is 3.94. The Labute approximate surface area is 131 Å². The molecule has 0 saturated carbocycles. The van der Waals surface area contributed by atoms with E-state index in [1.165, 1.54) is 22.6 Å². The molecule has 0 saturated heterocycles. The van der Waals surface area contributed by atoms with Crippen LogP contribution in [0.1, 0.15) is 36.9 Å². The van der Waals surface area contributed by atoms with E-state index in [2.05, 4.69) is 23.7 Å². The number of hydrogen-bond donors (Lipinski definition) is 2. The fourth-order valence-electron chi connectivity index (χ4n) is 2.07. The van der Waals surface area contributed by atoms with Crippen molar-refractivity contribution >= 4 is 10.0 Å². The molecule has 0 fully saturated rings. The third-order valence-electron chi connectivity index (χ3n) is 3.52. The molecule has 0 aliphatic carbocycles. The molecule has 2 rings (SSSR count). The number of aryl methyl sites for hydroxylation is 1. The second-order valence-corrected chi connectivity index (χ2v) is 7.40. The maximum absolute atomic E-state index is 12.1. The normalized spacial score (nSPS) is 13.5. The Balaban J connectivity index is 2.01. The average Bonchev–Trinajstić information content (AvgIpc) is 2.92. The van der Waals surface area contributed by atoms with E-state index < -0.39 is 16.1 Å². The van der Waals surface area contributed by atoms with Gasteiger partial charge in [-0.1, -0.05) is 38.1 Å². The van der Waals surface area contributed by atoms with E-state index in [1.54, 1.807) is 7.05 Å². The summed E-state index contributed by atoms with van der Waals surface area (Å²) in [5.74, 6) is 0.453. The molecule has 0 radical (unpaired) electrons. The Morgan fingerprint density at radius 1 is 1.23 bits per heavy atom. The van der Waals surface area contributed by atoms with E-state index in [0.717, 1.165) is 5.56 Å². The standard InChI is InChI=1S/C15H22N4O2S/c1-11(2)12-4-6-13(7-5-12)15(16)9-18-22(20,21)14-8-17-19(3)10-14/h4-8,10-11,15,18H,9,16H2,1-3H3. The van der Waals surface area contributed by atoms with Crippen LogP contribution in [0.15, 0.2) is 41.6 Å². The van der Waals surface area contributed by atoms with Gasteiger partial charge in [0, 0.05) is 25.8 Å². The predicted molar refractivity (Wildman–Crippen MR) is 85.9 cm³/mol. The number of hydrogen-bond acceptors (Lipinski definition) is 4. The van der Waals surface area contributed by atoms with Crippen LogP contribution in [0.3, 0.4) is 0 Å². The minimum Gasteiger partial charge on any atom is -0.323 e. The van der Waals surface area contributed by atoms with Crippen molar-refractivity contribution in [1.82, 2.24) is 14.5 Å². The molecule has 1 heterocycles. The first-order chi connectivity index (χ1) is 10.3. The van der Waals surface area contributed by atoms with Gasteiger partial charge in [0.15, 0.2) is 0 Å². The summed E-state index contributed by atoms with van der Waals surface area (Å²) < 4.78 is 28.2. The van der Waals surface area contributed by atoms with E-state index in [-0.39, 0.29) is 11.4 Å². The highest BCUT2D eigenvalue weighted by Crippen LogP contribution is 2.17. The molecule has 3 N–H and O–H groups in total. The van der Waals surface area contributed by atoms with Gasteiger partial charge in [-0.2, -0.15) is 5.10 Å². The summed E-state index contributed by atoms with van der Waals surface area (Å²) in [6.07, 6.45) is 2.76. The Kier molecular flexibility index (Phi) is 5.00. The van der Waals surface area contributed by atoms with Crippen molar-refractivity contribution in [1.29, 1.82) is 0 Å². The quantitative estimate of drug-likeness (QED) is 0.844. The molecular weight excluding hydrogens is 300 g/mol. The van der Waals surface area contributed by atoms with Crippen LogP contribution in [0.25, 0.3) is 0 Å². The lowest BCUT2D eigenvalue weighted by atomic mass is 9.99. The number of benzene rings is 1. The van der Waals surface area contributed by atoms with Crippen LogP contribution in [0.5, 0.6) is 0 Å². The molecule has 1 atom stereocenters. The van der Waals surface area contributed by atoms with Gasteiger partial charge in [0.1, 0.15) is 4.90 Å². The van der Waals surface area contributed by atoms with Crippen molar-refractivity contribution in [3.05, 3.63) is 47.8 Å². The minimum absolute atomic E-state index is 0.136. The molecule has 0 amide bonds. The van der Waals surface area contributed by atoms with Gasteiger partial charge in [0.25, 0.3) is 0 Å². The van der Waals surface area contributed by atoms with Crippen molar-refractivity contribution in [2.24, 2.45) is 12.8 Å². The number of nitrogens with two attached hydrogens (primary N) is 1. The van der Waals surface area contributed by atoms with E-state index in [9.17, 15) is 8.42 Å². The first kappa shape index (κ1) is 16.7. The van der Waals surface area contributed by atoms with Crippen LogP contribution < -0.4 is 10.5 Å². The third-order valence-corrected chi connectivity index (χ3v) is 4.89. The highest BCUT2D eigenvalue weighted by atomic mass is 32.2. The smallest absolute Gasteiger partial charge is 0.243 e. The largest absolute Gasteiger partial charge is 0.323 e. The van der Waals surface area contributed by atoms with E-state index >= 15 is 0 Å². The second-order valence-electron chi connectivity index (χ2n) is 5.63. The molecule has 120 valence electrons. The number of nitrogens with zero attached hydrogens (tertiary/aromatic N) is 2. The van der Waals surface area contributed by atoms with Gasteiger partial charge >= 0.3 is 0 Å². The van der Waals surface area contributed by atoms with Crippen LogP contribution in [0.4, 0.5) is 0 Å². The highest BCUT2D eigenvalue weighted by Gasteiger charge is 2.17. The van der Waals surface area contributed by atoms with Gasteiger partial charge in [-0.25, -0.2) is 13.1 Å². The fourth-order valence-corrected chi connectivity index (χ4v) is 3.11. The van der Waals surface area contributed by atoms with Gasteiger partial charge in [-0.15, -0.1) is 0 Å². The number of aromatic nitrogens is 2. The lowest BCUT2D eigenvalue weighted by molar-refractivity contribution is 0.572. The van der Waals surface area contributed by atoms with Crippen molar-refractivity contribution in [3.8, 4) is 0 Å². The summed E-state index contributed by atoms with van der Waals surface area (Å²) in [4.78, 5) is 0.136. The van der Waals surface area contributed by atoms with Crippen LogP contribution in [0, 0.1) is 0 Å². The summed E-state index contributed by atoms with van der Waals surface area (Å²) in [7, 11) is -1.91. The molecule has 1 aromatic carbocycles. The zero-order valence-corrected chi connectivity index (χ0v) is 13.8. The maximum Gasteiger partial charge on any atom is 0.243 e. The van der Waals surface area contributed by atoms with Gasteiger partial charge in [-0.3, -0.25) is 4.68 Å². The fraction of sp³-hybridized carbons (Fsp3) is 0.400. The topological polar surface area (TPSA) is 90.0 Å². The molecule has 22 heavy (non-hydrogen) atoms. The summed E-state index contributed by atoms with van der Waals surface area (Å²) in [6, 6.07) is 7.54. The minimum atomic E-state index is -3.58. The molecule has 1 aromatic heterocycles. The zero-order valence-electron chi connectivity index (χ0n) is 13.0. The van der Waals surface area contributed by atoms with Crippen LogP contribution in [0.2, 0.25) is 0 Å². The lowest BCUT2D eigenvalue weighted by Crippen LogP contribution is -2.31. The highest BCUT2D eigenvalue weighted by molar-refractivity contribution is 7.89. The van der Waals surface area contributed by atoms with Crippen molar-refractivity contribution < 1.29 is 8.42 Å². The van der Waals surface area contributed by atoms with Crippen LogP contribution in [-0.2, 0) is 17.1 Å². The molecule has 0 aliphatic heterocycles. The van der Waals surface area contributed by atoms with Crippen LogP contribution >= 0.6 is 0 Å². The monoisotopic (exact) mass is 322 g/mol. The molecular formula is C15H22N4O2S. The van der Waals surface area contributed by atoms with E-state index in [4.69, 9.17) is 5.73 Å². The summed E-state index contributed by atoms with van der Waals surface area (Å²) in [5.41, 5.74) is 8.19. The second kappa shape index (κ2) is 6.60. The molecule has 7 heteroatoms. The predicted octanol–water partition coefficient (Wildman–Crippen LogP) is 1.52. The van der Waals surface area contributed by atoms with Crippen LogP contribution in [-0.4, -0.2) is 24.7 Å². The molecule has 2 aromatic rings. The first-order valence-electron chi connectivity index (χ1n) is 7.13. The lowest BCUT2D eigenvalue weighted by Gasteiger charge is -2.14. The molecule has 1 unspecified atom stereocenters. The summed E-state index contributed by atoms with van der Waals surface area (Å²) >= 11 is 0.